The standard InChI is InChI=1S/C20H19F3N2O2/c1-2-7-14-8-3-6-11-18(14)27-13-15(26)12-25-17-10-5-4-9-16(17)24-19(25)20(21,22)23/h2-6,8-11,15,26H,1,7,12-13H2/t15-/m0/s1. The first-order chi connectivity index (χ1) is 12.9. The van der Waals surface area contributed by atoms with E-state index < -0.39 is 18.1 Å². The smallest absolute Gasteiger partial charge is 0.449 e. The number of imidazole rings is 1. The number of hydrogen-bond donors (Lipinski definition) is 1. The third kappa shape index (κ3) is 4.31. The number of benzene rings is 2. The molecule has 3 aromatic rings. The molecular formula is C20H19F3N2O2. The molecule has 2 aromatic carbocycles. The molecule has 0 saturated heterocycles. The summed E-state index contributed by atoms with van der Waals surface area (Å²) in [6.07, 6.45) is -3.43. The SMILES string of the molecule is C=CCc1ccccc1OC[C@@H](O)Cn1c(C(F)(F)F)nc2ccccc21. The van der Waals surface area contributed by atoms with E-state index in [1.54, 1.807) is 36.4 Å². The monoisotopic (exact) mass is 376 g/mol. The molecule has 1 aromatic heterocycles. The summed E-state index contributed by atoms with van der Waals surface area (Å²) in [5, 5.41) is 10.3. The highest BCUT2D eigenvalue weighted by Gasteiger charge is 2.37. The Hall–Kier alpha value is -2.80. The topological polar surface area (TPSA) is 47.3 Å². The number of alkyl halides is 3. The first-order valence-corrected chi connectivity index (χ1v) is 8.42. The van der Waals surface area contributed by atoms with Gasteiger partial charge in [0.1, 0.15) is 18.5 Å². The van der Waals surface area contributed by atoms with Gasteiger partial charge in [0.2, 0.25) is 5.82 Å². The molecule has 0 aliphatic carbocycles. The van der Waals surface area contributed by atoms with Crippen molar-refractivity contribution in [2.75, 3.05) is 6.61 Å². The maximum absolute atomic E-state index is 13.3. The van der Waals surface area contributed by atoms with Crippen molar-refractivity contribution in [1.29, 1.82) is 0 Å². The van der Waals surface area contributed by atoms with Crippen LogP contribution in [0.1, 0.15) is 11.4 Å². The fourth-order valence-electron chi connectivity index (χ4n) is 2.89. The second-order valence-corrected chi connectivity index (χ2v) is 6.10. The average Bonchev–Trinajstić information content (AvgIpc) is 3.00. The molecule has 1 N–H and O–H groups in total. The van der Waals surface area contributed by atoms with Crippen molar-refractivity contribution >= 4 is 11.0 Å². The Morgan fingerprint density at radius 2 is 1.85 bits per heavy atom. The maximum Gasteiger partial charge on any atom is 0.449 e. The lowest BCUT2D eigenvalue weighted by molar-refractivity contribution is -0.147. The summed E-state index contributed by atoms with van der Waals surface area (Å²) < 4.78 is 46.6. The Balaban J connectivity index is 1.78. The minimum atomic E-state index is -4.61. The van der Waals surface area contributed by atoms with Gasteiger partial charge < -0.3 is 14.4 Å². The van der Waals surface area contributed by atoms with Crippen LogP contribution in [0.15, 0.2) is 61.2 Å². The second kappa shape index (κ2) is 7.84. The Morgan fingerprint density at radius 1 is 1.15 bits per heavy atom. The molecule has 0 aliphatic heterocycles. The molecule has 4 nitrogen and oxygen atoms in total. The zero-order valence-electron chi connectivity index (χ0n) is 14.5. The zero-order valence-corrected chi connectivity index (χ0v) is 14.5. The molecule has 3 rings (SSSR count). The molecule has 1 atom stereocenters. The fourth-order valence-corrected chi connectivity index (χ4v) is 2.89. The zero-order chi connectivity index (χ0) is 19.4. The number of fused-ring (bicyclic) bond motifs is 1. The summed E-state index contributed by atoms with van der Waals surface area (Å²) in [6.45, 7) is 3.26. The normalized spacial score (nSPS) is 12.9. The van der Waals surface area contributed by atoms with Gasteiger partial charge in [0, 0.05) is 0 Å². The number of aliphatic hydroxyl groups is 1. The van der Waals surface area contributed by atoms with E-state index in [0.29, 0.717) is 17.7 Å². The second-order valence-electron chi connectivity index (χ2n) is 6.10. The van der Waals surface area contributed by atoms with Gasteiger partial charge in [-0.15, -0.1) is 6.58 Å². The van der Waals surface area contributed by atoms with Gasteiger partial charge in [0.25, 0.3) is 0 Å². The van der Waals surface area contributed by atoms with E-state index in [0.717, 1.165) is 10.1 Å². The van der Waals surface area contributed by atoms with Crippen molar-refractivity contribution in [2.45, 2.75) is 25.2 Å². The van der Waals surface area contributed by atoms with Crippen LogP contribution in [0.5, 0.6) is 5.75 Å². The van der Waals surface area contributed by atoms with Crippen LogP contribution in [-0.2, 0) is 19.1 Å². The lowest BCUT2D eigenvalue weighted by atomic mass is 10.1. The number of halogens is 3. The van der Waals surface area contributed by atoms with Gasteiger partial charge in [0.05, 0.1) is 17.6 Å². The minimum absolute atomic E-state index is 0.141. The van der Waals surface area contributed by atoms with Crippen LogP contribution in [0.3, 0.4) is 0 Å². The van der Waals surface area contributed by atoms with Gasteiger partial charge in [-0.2, -0.15) is 13.2 Å². The highest BCUT2D eigenvalue weighted by Crippen LogP contribution is 2.31. The Kier molecular flexibility index (Phi) is 5.51. The van der Waals surface area contributed by atoms with E-state index in [2.05, 4.69) is 11.6 Å². The molecule has 0 spiro atoms. The van der Waals surface area contributed by atoms with Crippen LogP contribution in [0.25, 0.3) is 11.0 Å². The largest absolute Gasteiger partial charge is 0.491 e. The minimum Gasteiger partial charge on any atom is -0.491 e. The molecule has 0 fully saturated rings. The van der Waals surface area contributed by atoms with Gasteiger partial charge in [-0.05, 0) is 30.2 Å². The Labute approximate surface area is 154 Å². The lowest BCUT2D eigenvalue weighted by Crippen LogP contribution is -2.26. The maximum atomic E-state index is 13.3. The number of aliphatic hydroxyl groups excluding tert-OH is 1. The Bertz CT molecular complexity index is 934. The van der Waals surface area contributed by atoms with Gasteiger partial charge in [-0.3, -0.25) is 0 Å². The number of aromatic nitrogens is 2. The fraction of sp³-hybridized carbons (Fsp3) is 0.250. The van der Waals surface area contributed by atoms with Crippen LogP contribution in [-0.4, -0.2) is 27.4 Å². The molecule has 0 unspecified atom stereocenters. The van der Waals surface area contributed by atoms with Crippen LogP contribution in [0.4, 0.5) is 13.2 Å². The first-order valence-electron chi connectivity index (χ1n) is 8.42. The van der Waals surface area contributed by atoms with Crippen molar-refractivity contribution in [3.8, 4) is 5.75 Å². The summed E-state index contributed by atoms with van der Waals surface area (Å²) in [4.78, 5) is 3.67. The van der Waals surface area contributed by atoms with E-state index in [9.17, 15) is 18.3 Å². The summed E-state index contributed by atoms with van der Waals surface area (Å²) in [6, 6.07) is 13.6. The summed E-state index contributed by atoms with van der Waals surface area (Å²) in [5.41, 5.74) is 1.44. The molecule has 27 heavy (non-hydrogen) atoms. The molecule has 0 radical (unpaired) electrons. The molecule has 142 valence electrons. The number of nitrogens with zero attached hydrogens (tertiary/aromatic N) is 2. The number of hydrogen-bond acceptors (Lipinski definition) is 3. The average molecular weight is 376 g/mol. The van der Waals surface area contributed by atoms with Crippen molar-refractivity contribution in [3.63, 3.8) is 0 Å². The first kappa shape index (κ1) is 19.0. The predicted octanol–water partition coefficient (Wildman–Crippen LogP) is 4.22. The summed E-state index contributed by atoms with van der Waals surface area (Å²) in [7, 11) is 0. The number of ether oxygens (including phenoxy) is 1. The van der Waals surface area contributed by atoms with E-state index >= 15 is 0 Å². The number of allylic oxidation sites excluding steroid dienone is 1. The predicted molar refractivity (Wildman–Crippen MR) is 96.6 cm³/mol. The van der Waals surface area contributed by atoms with Gasteiger partial charge in [0.15, 0.2) is 0 Å². The van der Waals surface area contributed by atoms with Crippen LogP contribution >= 0.6 is 0 Å². The van der Waals surface area contributed by atoms with Crippen molar-refractivity contribution < 1.29 is 23.0 Å². The van der Waals surface area contributed by atoms with Gasteiger partial charge in [-0.25, -0.2) is 4.98 Å². The van der Waals surface area contributed by atoms with E-state index in [-0.39, 0.29) is 18.7 Å². The molecule has 0 saturated carbocycles. The Morgan fingerprint density at radius 3 is 2.59 bits per heavy atom. The highest BCUT2D eigenvalue weighted by atomic mass is 19.4. The molecule has 7 heteroatoms. The highest BCUT2D eigenvalue weighted by molar-refractivity contribution is 5.76. The third-order valence-electron chi connectivity index (χ3n) is 4.07. The van der Waals surface area contributed by atoms with Crippen molar-refractivity contribution in [1.82, 2.24) is 9.55 Å². The summed E-state index contributed by atoms with van der Waals surface area (Å²) >= 11 is 0. The van der Waals surface area contributed by atoms with Crippen LogP contribution in [0, 0.1) is 0 Å². The van der Waals surface area contributed by atoms with Crippen LogP contribution < -0.4 is 4.74 Å². The summed E-state index contributed by atoms with van der Waals surface area (Å²) in [5.74, 6) is -0.460. The molecule has 0 amide bonds. The van der Waals surface area contributed by atoms with Crippen LogP contribution in [0.2, 0.25) is 0 Å². The molecule has 1 heterocycles. The number of rotatable bonds is 7. The number of para-hydroxylation sites is 3. The molecule has 0 bridgehead atoms. The van der Waals surface area contributed by atoms with Crippen molar-refractivity contribution in [2.24, 2.45) is 0 Å². The van der Waals surface area contributed by atoms with E-state index in [1.807, 2.05) is 12.1 Å². The third-order valence-corrected chi connectivity index (χ3v) is 4.07. The van der Waals surface area contributed by atoms with E-state index in [1.165, 1.54) is 6.07 Å². The van der Waals surface area contributed by atoms with Gasteiger partial charge in [-0.1, -0.05) is 36.4 Å². The van der Waals surface area contributed by atoms with Crippen molar-refractivity contribution in [3.05, 3.63) is 72.6 Å². The molecular weight excluding hydrogens is 357 g/mol. The van der Waals surface area contributed by atoms with E-state index in [4.69, 9.17) is 4.74 Å². The quantitative estimate of drug-likeness (QED) is 0.628. The van der Waals surface area contributed by atoms with Gasteiger partial charge >= 0.3 is 6.18 Å². The lowest BCUT2D eigenvalue weighted by Gasteiger charge is -2.17. The molecule has 0 aliphatic rings.